The van der Waals surface area contributed by atoms with Gasteiger partial charge in [-0.25, -0.2) is 13.2 Å². The zero-order valence-corrected chi connectivity index (χ0v) is 13.5. The lowest BCUT2D eigenvalue weighted by molar-refractivity contribution is 0.0734. The monoisotopic (exact) mass is 345 g/mol. The minimum absolute atomic E-state index is 0.140. The first kappa shape index (κ1) is 15.1. The minimum atomic E-state index is -3.61. The molecule has 24 heavy (non-hydrogen) atoms. The molecule has 8 heteroatoms. The number of aromatic nitrogens is 1. The van der Waals surface area contributed by atoms with Crippen LogP contribution in [-0.2, 0) is 10.0 Å². The van der Waals surface area contributed by atoms with Gasteiger partial charge in [-0.05, 0) is 37.1 Å². The molecule has 0 bridgehead atoms. The molecule has 3 heterocycles. The molecule has 2 aromatic rings. The number of sulfonamides is 1. The van der Waals surface area contributed by atoms with E-state index in [1.54, 1.807) is 12.1 Å². The molecule has 1 saturated heterocycles. The van der Waals surface area contributed by atoms with E-state index < -0.39 is 16.0 Å². The maximum Gasteiger partial charge on any atom is 0.343 e. The average molecular weight is 345 g/mol. The maximum absolute atomic E-state index is 12.4. The molecule has 124 valence electrons. The first-order valence-electron chi connectivity index (χ1n) is 7.60. The summed E-state index contributed by atoms with van der Waals surface area (Å²) in [6.45, 7) is 0.802. The van der Waals surface area contributed by atoms with Gasteiger partial charge in [0, 0.05) is 25.0 Å². The molecule has 4 rings (SSSR count). The molecular formula is C16H15N3O4S. The van der Waals surface area contributed by atoms with Gasteiger partial charge in [-0.3, -0.25) is 4.98 Å². The van der Waals surface area contributed by atoms with Gasteiger partial charge >= 0.3 is 5.97 Å². The Bertz CT molecular complexity index is 899. The van der Waals surface area contributed by atoms with Crippen molar-refractivity contribution in [2.24, 2.45) is 0 Å². The zero-order valence-electron chi connectivity index (χ0n) is 12.7. The molecule has 0 radical (unpaired) electrons. The van der Waals surface area contributed by atoms with Gasteiger partial charge in [0.2, 0.25) is 10.0 Å². The predicted molar refractivity (Wildman–Crippen MR) is 86.3 cm³/mol. The van der Waals surface area contributed by atoms with E-state index >= 15 is 0 Å². The Morgan fingerprint density at radius 1 is 1.25 bits per heavy atom. The lowest BCUT2D eigenvalue weighted by Gasteiger charge is -2.33. The molecule has 2 aliphatic rings. The van der Waals surface area contributed by atoms with E-state index in [9.17, 15) is 13.2 Å². The molecule has 0 amide bonds. The summed E-state index contributed by atoms with van der Waals surface area (Å²) in [5.41, 5.74) is 1.00. The van der Waals surface area contributed by atoms with Crippen LogP contribution in [0.25, 0.3) is 0 Å². The van der Waals surface area contributed by atoms with Gasteiger partial charge in [0.05, 0.1) is 17.4 Å². The number of pyridine rings is 1. The van der Waals surface area contributed by atoms with Crippen molar-refractivity contribution in [1.29, 1.82) is 0 Å². The van der Waals surface area contributed by atoms with Gasteiger partial charge in [0.1, 0.15) is 10.6 Å². The van der Waals surface area contributed by atoms with Crippen LogP contribution in [0.4, 0.5) is 5.69 Å². The minimum Gasteiger partial charge on any atom is -0.423 e. The van der Waals surface area contributed by atoms with Crippen molar-refractivity contribution in [3.63, 3.8) is 0 Å². The summed E-state index contributed by atoms with van der Waals surface area (Å²) in [7, 11) is -3.61. The SMILES string of the molecule is O=C(Oc1ccc2c(c1)S(=O)(=O)NC1CCCN21)c1ccncc1. The van der Waals surface area contributed by atoms with E-state index in [4.69, 9.17) is 4.74 Å². The number of rotatable bonds is 2. The van der Waals surface area contributed by atoms with Gasteiger partial charge in [-0.15, -0.1) is 0 Å². The van der Waals surface area contributed by atoms with Gasteiger partial charge in [0.15, 0.2) is 0 Å². The smallest absolute Gasteiger partial charge is 0.343 e. The second-order valence-electron chi connectivity index (χ2n) is 5.73. The van der Waals surface area contributed by atoms with Crippen molar-refractivity contribution in [2.75, 3.05) is 11.4 Å². The predicted octanol–water partition coefficient (Wildman–Crippen LogP) is 1.52. The topological polar surface area (TPSA) is 88.6 Å². The summed E-state index contributed by atoms with van der Waals surface area (Å²) >= 11 is 0. The van der Waals surface area contributed by atoms with Crippen molar-refractivity contribution >= 4 is 21.7 Å². The number of benzene rings is 1. The van der Waals surface area contributed by atoms with Crippen molar-refractivity contribution in [3.05, 3.63) is 48.3 Å². The quantitative estimate of drug-likeness (QED) is 0.656. The van der Waals surface area contributed by atoms with Crippen LogP contribution in [0.2, 0.25) is 0 Å². The summed E-state index contributed by atoms with van der Waals surface area (Å²) in [5, 5.41) is 0. The van der Waals surface area contributed by atoms with E-state index in [-0.39, 0.29) is 16.8 Å². The third-order valence-corrected chi connectivity index (χ3v) is 5.69. The van der Waals surface area contributed by atoms with Gasteiger partial charge in [0.25, 0.3) is 0 Å². The van der Waals surface area contributed by atoms with Crippen LogP contribution in [0.5, 0.6) is 5.75 Å². The Labute approximate surface area is 139 Å². The highest BCUT2D eigenvalue weighted by Gasteiger charge is 2.37. The molecule has 0 spiro atoms. The average Bonchev–Trinajstić information content (AvgIpc) is 3.03. The number of carbonyl (C=O) groups is 1. The molecule has 2 aliphatic heterocycles. The third kappa shape index (κ3) is 2.53. The van der Waals surface area contributed by atoms with Gasteiger partial charge < -0.3 is 9.64 Å². The van der Waals surface area contributed by atoms with Crippen LogP contribution in [0, 0.1) is 0 Å². The number of nitrogens with one attached hydrogen (secondary N) is 1. The highest BCUT2D eigenvalue weighted by Crippen LogP contribution is 2.37. The van der Waals surface area contributed by atoms with Crippen LogP contribution in [0.15, 0.2) is 47.6 Å². The van der Waals surface area contributed by atoms with Crippen molar-refractivity contribution in [1.82, 2.24) is 9.71 Å². The lowest BCUT2D eigenvalue weighted by atomic mass is 10.2. The third-order valence-electron chi connectivity index (χ3n) is 4.20. The fourth-order valence-electron chi connectivity index (χ4n) is 3.08. The Balaban J connectivity index is 1.67. The van der Waals surface area contributed by atoms with E-state index in [2.05, 4.69) is 9.71 Å². The molecule has 1 aromatic carbocycles. The summed E-state index contributed by atoms with van der Waals surface area (Å²) in [6, 6.07) is 7.78. The van der Waals surface area contributed by atoms with Crippen LogP contribution in [0.1, 0.15) is 23.2 Å². The molecule has 0 saturated carbocycles. The number of esters is 1. The largest absolute Gasteiger partial charge is 0.423 e. The summed E-state index contributed by atoms with van der Waals surface area (Å²) < 4.78 is 32.8. The lowest BCUT2D eigenvalue weighted by Crippen LogP contribution is -2.48. The Kier molecular flexibility index (Phi) is 3.50. The second-order valence-corrected chi connectivity index (χ2v) is 7.41. The molecular weight excluding hydrogens is 330 g/mol. The molecule has 1 atom stereocenters. The number of anilines is 1. The van der Waals surface area contributed by atoms with E-state index in [1.165, 1.54) is 30.6 Å². The number of ether oxygens (including phenoxy) is 1. The van der Waals surface area contributed by atoms with Crippen LogP contribution in [-0.4, -0.2) is 32.1 Å². The molecule has 1 unspecified atom stereocenters. The molecule has 1 fully saturated rings. The molecule has 0 aliphatic carbocycles. The summed E-state index contributed by atoms with van der Waals surface area (Å²) in [6.07, 6.45) is 4.52. The summed E-state index contributed by atoms with van der Waals surface area (Å²) in [5.74, 6) is -0.365. The van der Waals surface area contributed by atoms with Crippen LogP contribution in [0.3, 0.4) is 0 Å². The number of hydrogen-bond donors (Lipinski definition) is 1. The highest BCUT2D eigenvalue weighted by atomic mass is 32.2. The highest BCUT2D eigenvalue weighted by molar-refractivity contribution is 7.89. The van der Waals surface area contributed by atoms with E-state index in [0.717, 1.165) is 19.4 Å². The Morgan fingerprint density at radius 2 is 2.04 bits per heavy atom. The molecule has 1 aromatic heterocycles. The van der Waals surface area contributed by atoms with E-state index in [0.29, 0.717) is 11.3 Å². The summed E-state index contributed by atoms with van der Waals surface area (Å²) in [4.78, 5) is 18.1. The Morgan fingerprint density at radius 3 is 2.83 bits per heavy atom. The normalized spacial score (nSPS) is 21.0. The van der Waals surface area contributed by atoms with Crippen LogP contribution >= 0.6 is 0 Å². The van der Waals surface area contributed by atoms with Crippen molar-refractivity contribution in [3.8, 4) is 5.75 Å². The maximum atomic E-state index is 12.4. The fraction of sp³-hybridized carbons (Fsp3) is 0.250. The zero-order chi connectivity index (χ0) is 16.7. The van der Waals surface area contributed by atoms with Crippen molar-refractivity contribution < 1.29 is 17.9 Å². The first-order valence-corrected chi connectivity index (χ1v) is 9.08. The number of hydrogen-bond acceptors (Lipinski definition) is 6. The van der Waals surface area contributed by atoms with Gasteiger partial charge in [-0.1, -0.05) is 0 Å². The van der Waals surface area contributed by atoms with E-state index in [1.807, 2.05) is 4.90 Å². The number of nitrogens with zero attached hydrogens (tertiary/aromatic N) is 2. The second kappa shape index (κ2) is 5.57. The van der Waals surface area contributed by atoms with Crippen LogP contribution < -0.4 is 14.4 Å². The fourth-order valence-corrected chi connectivity index (χ4v) is 4.55. The van der Waals surface area contributed by atoms with Crippen molar-refractivity contribution in [2.45, 2.75) is 23.9 Å². The molecule has 7 nitrogen and oxygen atoms in total. The first-order chi connectivity index (χ1) is 11.5. The standard InChI is InChI=1S/C16H15N3O4S/c20-16(11-5-7-17-8-6-11)23-12-3-4-13-14(10-12)24(21,22)18-15-2-1-9-19(13)15/h3-8,10,15,18H,1-2,9H2. The Hall–Kier alpha value is -2.45. The number of fused-ring (bicyclic) bond motifs is 3. The molecule has 1 N–H and O–H groups in total. The van der Waals surface area contributed by atoms with Gasteiger partial charge in [-0.2, -0.15) is 4.72 Å². The number of carbonyl (C=O) groups excluding carboxylic acids is 1.